The van der Waals surface area contributed by atoms with Gasteiger partial charge in [0.25, 0.3) is 0 Å². The van der Waals surface area contributed by atoms with E-state index in [9.17, 15) is 18.0 Å². The van der Waals surface area contributed by atoms with E-state index in [2.05, 4.69) is 25.5 Å². The maximum Gasteiger partial charge on any atom is 0.430 e. The molecule has 0 unspecified atom stereocenters. The van der Waals surface area contributed by atoms with Crippen molar-refractivity contribution in [2.45, 2.75) is 37.3 Å². The molecule has 0 bridgehead atoms. The predicted octanol–water partition coefficient (Wildman–Crippen LogP) is 4.36. The van der Waals surface area contributed by atoms with E-state index in [1.807, 2.05) is 0 Å². The summed E-state index contributed by atoms with van der Waals surface area (Å²) in [5.41, 5.74) is -0.836. The average molecular weight is 449 g/mol. The Kier molecular flexibility index (Phi) is 4.81. The molecule has 1 aromatic carbocycles. The highest BCUT2D eigenvalue weighted by Gasteiger charge is 2.49. The second-order valence-corrected chi connectivity index (χ2v) is 8.00. The molecule has 1 saturated heterocycles. The molecule has 2 aliphatic heterocycles. The van der Waals surface area contributed by atoms with Crippen molar-refractivity contribution in [3.63, 3.8) is 0 Å². The van der Waals surface area contributed by atoms with Crippen molar-refractivity contribution in [3.05, 3.63) is 42.1 Å². The molecule has 0 aliphatic carbocycles. The molecule has 2 aromatic heterocycles. The van der Waals surface area contributed by atoms with Gasteiger partial charge in [-0.1, -0.05) is 18.2 Å². The molecule has 168 valence electrons. The summed E-state index contributed by atoms with van der Waals surface area (Å²) >= 11 is 0. The van der Waals surface area contributed by atoms with Gasteiger partial charge in [-0.25, -0.2) is 14.2 Å². The van der Waals surface area contributed by atoms with Crippen LogP contribution in [-0.4, -0.2) is 45.8 Å². The molecule has 11 heteroatoms. The molecule has 0 radical (unpaired) electrons. The van der Waals surface area contributed by atoms with Crippen LogP contribution in [0.15, 0.2) is 36.5 Å². The minimum Gasteiger partial charge on any atom is -0.431 e. The number of cyclic esters (lactones) is 1. The maximum atomic E-state index is 15.4. The number of rotatable bonds is 3. The number of pyridine rings is 1. The van der Waals surface area contributed by atoms with Gasteiger partial charge in [0.15, 0.2) is 0 Å². The van der Waals surface area contributed by atoms with Crippen molar-refractivity contribution in [1.82, 2.24) is 20.1 Å². The van der Waals surface area contributed by atoms with Crippen molar-refractivity contribution in [2.75, 3.05) is 18.4 Å². The van der Waals surface area contributed by atoms with E-state index in [1.54, 1.807) is 24.3 Å². The van der Waals surface area contributed by atoms with Crippen LogP contribution in [0.1, 0.15) is 24.5 Å². The topological polar surface area (TPSA) is 81.1 Å². The number of alkyl halides is 4. The van der Waals surface area contributed by atoms with Gasteiger partial charge in [-0.2, -0.15) is 18.3 Å². The number of nitrogens with zero attached hydrogens (tertiary/aromatic N) is 3. The van der Waals surface area contributed by atoms with Gasteiger partial charge in [0.1, 0.15) is 17.2 Å². The van der Waals surface area contributed by atoms with E-state index >= 15 is 4.39 Å². The largest absolute Gasteiger partial charge is 0.431 e. The van der Waals surface area contributed by atoms with Gasteiger partial charge in [0.2, 0.25) is 6.10 Å². The quantitative estimate of drug-likeness (QED) is 0.581. The summed E-state index contributed by atoms with van der Waals surface area (Å²) < 4.78 is 62.8. The number of amides is 1. The molecule has 2 N–H and O–H groups in total. The monoisotopic (exact) mass is 449 g/mol. The first kappa shape index (κ1) is 20.7. The van der Waals surface area contributed by atoms with Crippen LogP contribution in [0.3, 0.4) is 0 Å². The summed E-state index contributed by atoms with van der Waals surface area (Å²) in [5, 5.41) is 10.4. The van der Waals surface area contributed by atoms with E-state index in [0.29, 0.717) is 36.8 Å². The normalized spacial score (nSPS) is 20.5. The number of nitrogens with one attached hydrogen (secondary N) is 2. The van der Waals surface area contributed by atoms with Crippen LogP contribution in [0, 0.1) is 0 Å². The zero-order valence-corrected chi connectivity index (χ0v) is 16.7. The molecule has 1 amide bonds. The number of ether oxygens (including phenoxy) is 1. The second-order valence-electron chi connectivity index (χ2n) is 8.00. The van der Waals surface area contributed by atoms with Gasteiger partial charge >= 0.3 is 12.3 Å². The third-order valence-corrected chi connectivity index (χ3v) is 5.84. The lowest BCUT2D eigenvalue weighted by Crippen LogP contribution is -2.41. The molecular formula is C21H19F4N5O2. The first-order chi connectivity index (χ1) is 15.3. The van der Waals surface area contributed by atoms with E-state index in [1.165, 1.54) is 16.9 Å². The lowest BCUT2D eigenvalue weighted by molar-refractivity contribution is -0.206. The number of benzene rings is 1. The summed E-state index contributed by atoms with van der Waals surface area (Å²) in [7, 11) is 0. The third kappa shape index (κ3) is 3.56. The van der Waals surface area contributed by atoms with Crippen molar-refractivity contribution < 1.29 is 27.1 Å². The molecule has 3 aromatic rings. The van der Waals surface area contributed by atoms with Crippen LogP contribution in [-0.2, 0) is 11.3 Å². The number of aromatic nitrogens is 3. The Hall–Kier alpha value is -3.21. The second kappa shape index (κ2) is 7.44. The number of para-hydroxylation sites is 1. The van der Waals surface area contributed by atoms with Gasteiger partial charge in [0.05, 0.1) is 17.6 Å². The first-order valence-corrected chi connectivity index (χ1v) is 10.1. The van der Waals surface area contributed by atoms with E-state index < -0.39 is 24.0 Å². The highest BCUT2D eigenvalue weighted by atomic mass is 19.4. The van der Waals surface area contributed by atoms with Crippen LogP contribution >= 0.6 is 0 Å². The highest BCUT2D eigenvalue weighted by Crippen LogP contribution is 2.46. The summed E-state index contributed by atoms with van der Waals surface area (Å²) in [6, 6.07) is 8.37. The van der Waals surface area contributed by atoms with Crippen LogP contribution in [0.25, 0.3) is 22.2 Å². The SMILES string of the molecule is O=C1Nc2nccc(-c3nn(CC4(F)CCNCC4)c4ccccc34)c2[C@@H](C(F)(F)F)O1. The molecule has 1 fully saturated rings. The number of halogens is 4. The number of anilines is 1. The highest BCUT2D eigenvalue weighted by molar-refractivity contribution is 5.97. The van der Waals surface area contributed by atoms with E-state index in [4.69, 9.17) is 0 Å². The summed E-state index contributed by atoms with van der Waals surface area (Å²) in [4.78, 5) is 15.6. The summed E-state index contributed by atoms with van der Waals surface area (Å²) in [6.45, 7) is 1.08. The number of hydrogen-bond donors (Lipinski definition) is 2. The Bertz CT molecular complexity index is 1190. The van der Waals surface area contributed by atoms with Gasteiger partial charge in [-0.3, -0.25) is 10.00 Å². The van der Waals surface area contributed by atoms with Crippen LogP contribution in [0.4, 0.5) is 28.2 Å². The predicted molar refractivity (Wildman–Crippen MR) is 108 cm³/mol. The lowest BCUT2D eigenvalue weighted by Gasteiger charge is -2.30. The molecule has 32 heavy (non-hydrogen) atoms. The Morgan fingerprint density at radius 2 is 1.94 bits per heavy atom. The van der Waals surface area contributed by atoms with Gasteiger partial charge in [-0.15, -0.1) is 0 Å². The molecule has 0 saturated carbocycles. The molecule has 7 nitrogen and oxygen atoms in total. The Balaban J connectivity index is 1.67. The van der Waals surface area contributed by atoms with Crippen molar-refractivity contribution >= 4 is 22.8 Å². The minimum atomic E-state index is -4.85. The molecular weight excluding hydrogens is 430 g/mol. The lowest BCUT2D eigenvalue weighted by atomic mass is 9.94. The Labute approximate surface area is 179 Å². The first-order valence-electron chi connectivity index (χ1n) is 10.1. The standard InChI is InChI=1S/C21H19F4N5O2/c22-20(6-9-26-10-7-20)11-30-14-4-2-1-3-12(14)16(29-30)13-5-8-27-18-15(13)17(21(23,24)25)32-19(31)28-18/h1-5,8,17,26H,6-7,9-11H2,(H,27,28,31)/t17-/m0/s1. The van der Waals surface area contributed by atoms with Gasteiger partial charge < -0.3 is 10.1 Å². The third-order valence-electron chi connectivity index (χ3n) is 5.84. The molecule has 4 heterocycles. The fourth-order valence-corrected chi connectivity index (χ4v) is 4.32. The van der Waals surface area contributed by atoms with Gasteiger partial charge in [-0.05, 0) is 38.1 Å². The zero-order valence-electron chi connectivity index (χ0n) is 16.7. The molecule has 0 spiro atoms. The maximum absolute atomic E-state index is 15.4. The number of piperidine rings is 1. The van der Waals surface area contributed by atoms with Crippen molar-refractivity contribution in [1.29, 1.82) is 0 Å². The molecule has 2 aliphatic rings. The molecule has 5 rings (SSSR count). The van der Waals surface area contributed by atoms with Gasteiger partial charge in [0, 0.05) is 17.1 Å². The van der Waals surface area contributed by atoms with Crippen LogP contribution < -0.4 is 10.6 Å². The van der Waals surface area contributed by atoms with E-state index in [-0.39, 0.29) is 29.2 Å². The fourth-order valence-electron chi connectivity index (χ4n) is 4.32. The Morgan fingerprint density at radius 1 is 1.19 bits per heavy atom. The fraction of sp³-hybridized carbons (Fsp3) is 0.381. The van der Waals surface area contributed by atoms with Crippen LogP contribution in [0.5, 0.6) is 0 Å². The summed E-state index contributed by atoms with van der Waals surface area (Å²) in [6.07, 6.45) is -6.64. The van der Waals surface area contributed by atoms with Crippen LogP contribution in [0.2, 0.25) is 0 Å². The smallest absolute Gasteiger partial charge is 0.430 e. The number of carbonyl (C=O) groups excluding carboxylic acids is 1. The van der Waals surface area contributed by atoms with Crippen molar-refractivity contribution in [2.24, 2.45) is 0 Å². The average Bonchev–Trinajstić information content (AvgIpc) is 3.10. The summed E-state index contributed by atoms with van der Waals surface area (Å²) in [5.74, 6) is -0.236. The van der Waals surface area contributed by atoms with Crippen molar-refractivity contribution in [3.8, 4) is 11.3 Å². The number of fused-ring (bicyclic) bond motifs is 2. The Morgan fingerprint density at radius 3 is 2.69 bits per heavy atom. The molecule has 1 atom stereocenters. The number of carbonyl (C=O) groups is 1. The zero-order chi connectivity index (χ0) is 22.5. The van der Waals surface area contributed by atoms with E-state index in [0.717, 1.165) is 0 Å². The number of hydrogen-bond acceptors (Lipinski definition) is 5. The minimum absolute atomic E-state index is 0.0155.